The molecule has 2 aliphatic heterocycles. The fraction of sp³-hybridized carbons (Fsp3) is 0.556. The van der Waals surface area contributed by atoms with Crippen molar-refractivity contribution in [2.24, 2.45) is 0 Å². The highest BCUT2D eigenvalue weighted by Gasteiger charge is 2.40. The first-order valence-corrected chi connectivity index (χ1v) is 8.36. The van der Waals surface area contributed by atoms with Gasteiger partial charge in [0, 0.05) is 38.8 Å². The van der Waals surface area contributed by atoms with Crippen LogP contribution in [0.25, 0.3) is 0 Å². The predicted octanol–water partition coefficient (Wildman–Crippen LogP) is 1.26. The maximum atomic E-state index is 12.0. The zero-order valence-corrected chi connectivity index (χ0v) is 14.0. The van der Waals surface area contributed by atoms with Gasteiger partial charge in [0.1, 0.15) is 19.0 Å². The fourth-order valence-corrected chi connectivity index (χ4v) is 3.67. The van der Waals surface area contributed by atoms with Gasteiger partial charge in [-0.1, -0.05) is 0 Å². The molecule has 2 aliphatic rings. The molecule has 2 saturated heterocycles. The van der Waals surface area contributed by atoms with E-state index in [9.17, 15) is 4.79 Å². The number of fused-ring (bicyclic) bond motifs is 2. The monoisotopic (exact) mass is 329 g/mol. The summed E-state index contributed by atoms with van der Waals surface area (Å²) in [5.74, 6) is 0.873. The van der Waals surface area contributed by atoms with Crippen LogP contribution in [-0.4, -0.2) is 67.7 Å². The van der Waals surface area contributed by atoms with Crippen LogP contribution in [-0.2, 0) is 9.53 Å². The van der Waals surface area contributed by atoms with Crippen molar-refractivity contribution >= 4 is 5.91 Å². The summed E-state index contributed by atoms with van der Waals surface area (Å²) in [5.41, 5.74) is 0.636. The Labute approximate surface area is 142 Å². The van der Waals surface area contributed by atoms with Crippen molar-refractivity contribution in [3.05, 3.63) is 29.8 Å². The molecule has 24 heavy (non-hydrogen) atoms. The second-order valence-electron chi connectivity index (χ2n) is 6.34. The number of carbonyl (C=O) groups is 1. The van der Waals surface area contributed by atoms with E-state index in [0.717, 1.165) is 38.2 Å². The van der Waals surface area contributed by atoms with Crippen molar-refractivity contribution in [2.75, 3.05) is 40.0 Å². The van der Waals surface area contributed by atoms with Crippen LogP contribution in [0.4, 0.5) is 0 Å². The molecule has 2 heterocycles. The van der Waals surface area contributed by atoms with Crippen LogP contribution < -0.4 is 4.74 Å². The molecule has 0 aliphatic carbocycles. The Bertz CT molecular complexity index is 597. The van der Waals surface area contributed by atoms with Crippen LogP contribution in [0, 0.1) is 11.3 Å². The number of rotatable bonds is 6. The van der Waals surface area contributed by atoms with E-state index in [1.165, 1.54) is 0 Å². The molecule has 2 fully saturated rings. The van der Waals surface area contributed by atoms with E-state index in [2.05, 4.69) is 11.0 Å². The van der Waals surface area contributed by atoms with E-state index in [1.807, 2.05) is 17.0 Å². The molecule has 0 aromatic heterocycles. The number of hydrogen-bond donors (Lipinski definition) is 0. The van der Waals surface area contributed by atoms with Crippen molar-refractivity contribution in [2.45, 2.75) is 24.9 Å². The van der Waals surface area contributed by atoms with Gasteiger partial charge in [-0.05, 0) is 37.1 Å². The maximum absolute atomic E-state index is 12.0. The van der Waals surface area contributed by atoms with Gasteiger partial charge < -0.3 is 14.4 Å². The van der Waals surface area contributed by atoms with E-state index >= 15 is 0 Å². The summed E-state index contributed by atoms with van der Waals surface area (Å²) >= 11 is 0. The molecule has 2 atom stereocenters. The Morgan fingerprint density at radius 2 is 1.92 bits per heavy atom. The summed E-state index contributed by atoms with van der Waals surface area (Å²) in [6.07, 6.45) is 2.27. The number of hydrogen-bond acceptors (Lipinski definition) is 5. The van der Waals surface area contributed by atoms with Crippen molar-refractivity contribution in [3.63, 3.8) is 0 Å². The molecular weight excluding hydrogens is 306 g/mol. The summed E-state index contributed by atoms with van der Waals surface area (Å²) in [4.78, 5) is 16.4. The largest absolute Gasteiger partial charge is 0.492 e. The topological polar surface area (TPSA) is 65.8 Å². The van der Waals surface area contributed by atoms with Crippen LogP contribution >= 0.6 is 0 Å². The number of nitrogens with zero attached hydrogens (tertiary/aromatic N) is 3. The van der Waals surface area contributed by atoms with Crippen LogP contribution in [0.5, 0.6) is 5.75 Å². The molecule has 0 saturated carbocycles. The van der Waals surface area contributed by atoms with Gasteiger partial charge in [0.15, 0.2) is 0 Å². The number of amides is 1. The maximum Gasteiger partial charge on any atom is 0.248 e. The van der Waals surface area contributed by atoms with E-state index in [4.69, 9.17) is 14.7 Å². The molecule has 2 unspecified atom stereocenters. The summed E-state index contributed by atoms with van der Waals surface area (Å²) < 4.78 is 10.8. The zero-order chi connectivity index (χ0) is 16.9. The molecule has 0 N–H and O–H groups in total. The lowest BCUT2D eigenvalue weighted by atomic mass is 10.2. The van der Waals surface area contributed by atoms with Crippen molar-refractivity contribution in [1.82, 2.24) is 9.80 Å². The first-order chi connectivity index (χ1) is 11.7. The Morgan fingerprint density at radius 1 is 1.25 bits per heavy atom. The van der Waals surface area contributed by atoms with Gasteiger partial charge in [-0.15, -0.1) is 0 Å². The summed E-state index contributed by atoms with van der Waals surface area (Å²) in [6, 6.07) is 10.1. The Morgan fingerprint density at radius 3 is 2.50 bits per heavy atom. The van der Waals surface area contributed by atoms with Gasteiger partial charge in [-0.3, -0.25) is 9.69 Å². The van der Waals surface area contributed by atoms with Gasteiger partial charge >= 0.3 is 0 Å². The van der Waals surface area contributed by atoms with Crippen molar-refractivity contribution in [1.29, 1.82) is 5.26 Å². The summed E-state index contributed by atoms with van der Waals surface area (Å²) in [5, 5.41) is 8.80. The minimum Gasteiger partial charge on any atom is -0.492 e. The quantitative estimate of drug-likeness (QED) is 0.786. The number of benzene rings is 1. The molecule has 2 bridgehead atoms. The molecule has 0 spiro atoms. The highest BCUT2D eigenvalue weighted by molar-refractivity contribution is 5.77. The molecule has 1 aromatic rings. The number of piperazine rings is 1. The first-order valence-electron chi connectivity index (χ1n) is 8.36. The average molecular weight is 329 g/mol. The number of carbonyl (C=O) groups excluding carboxylic acids is 1. The molecular formula is C18H23N3O3. The van der Waals surface area contributed by atoms with Gasteiger partial charge in [0.25, 0.3) is 0 Å². The standard InChI is InChI=1S/C18H23N3O3/c1-23-13-18(22)20-11-15-4-5-16(12-20)21(15)8-9-24-17-6-2-14(10-19)3-7-17/h2-3,6-7,15-16H,4-5,8-9,11-13H2,1H3. The SMILES string of the molecule is COCC(=O)N1CC2CCC(C1)N2CCOc1ccc(C#N)cc1. The first kappa shape index (κ1) is 16.7. The van der Waals surface area contributed by atoms with Crippen LogP contribution in [0.3, 0.4) is 0 Å². The summed E-state index contributed by atoms with van der Waals surface area (Å²) in [7, 11) is 1.56. The average Bonchev–Trinajstić information content (AvgIpc) is 2.83. The lowest BCUT2D eigenvalue weighted by Crippen LogP contribution is -2.56. The van der Waals surface area contributed by atoms with Gasteiger partial charge in [0.2, 0.25) is 5.91 Å². The fourth-order valence-electron chi connectivity index (χ4n) is 3.67. The number of likely N-dealkylation sites (tertiary alicyclic amines) is 1. The Kier molecular flexibility index (Phi) is 5.34. The predicted molar refractivity (Wildman–Crippen MR) is 88.6 cm³/mol. The molecule has 0 radical (unpaired) electrons. The minimum atomic E-state index is 0.0860. The van der Waals surface area contributed by atoms with E-state index < -0.39 is 0 Å². The van der Waals surface area contributed by atoms with Crippen LogP contribution in [0.1, 0.15) is 18.4 Å². The van der Waals surface area contributed by atoms with Crippen LogP contribution in [0.2, 0.25) is 0 Å². The van der Waals surface area contributed by atoms with Crippen molar-refractivity contribution in [3.8, 4) is 11.8 Å². The highest BCUT2D eigenvalue weighted by atomic mass is 16.5. The third kappa shape index (κ3) is 3.69. The number of nitriles is 1. The second kappa shape index (κ2) is 7.65. The van der Waals surface area contributed by atoms with Crippen LogP contribution in [0.15, 0.2) is 24.3 Å². The van der Waals surface area contributed by atoms with Gasteiger partial charge in [0.05, 0.1) is 11.6 Å². The third-order valence-corrected chi connectivity index (χ3v) is 4.86. The van der Waals surface area contributed by atoms with Gasteiger partial charge in [-0.25, -0.2) is 0 Å². The Balaban J connectivity index is 1.48. The molecule has 3 rings (SSSR count). The molecule has 6 heteroatoms. The molecule has 6 nitrogen and oxygen atoms in total. The lowest BCUT2D eigenvalue weighted by molar-refractivity contribution is -0.138. The molecule has 128 valence electrons. The van der Waals surface area contributed by atoms with E-state index in [0.29, 0.717) is 24.3 Å². The Hall–Kier alpha value is -2.10. The number of methoxy groups -OCH3 is 1. The zero-order valence-electron chi connectivity index (χ0n) is 14.0. The van der Waals surface area contributed by atoms with E-state index in [1.54, 1.807) is 19.2 Å². The smallest absolute Gasteiger partial charge is 0.248 e. The second-order valence-corrected chi connectivity index (χ2v) is 6.34. The van der Waals surface area contributed by atoms with E-state index in [-0.39, 0.29) is 12.5 Å². The highest BCUT2D eigenvalue weighted by Crippen LogP contribution is 2.29. The summed E-state index contributed by atoms with van der Waals surface area (Å²) in [6.45, 7) is 3.22. The normalized spacial score (nSPS) is 23.1. The lowest BCUT2D eigenvalue weighted by Gasteiger charge is -2.40. The number of ether oxygens (including phenoxy) is 2. The van der Waals surface area contributed by atoms with Gasteiger partial charge in [-0.2, -0.15) is 5.26 Å². The minimum absolute atomic E-state index is 0.0860. The third-order valence-electron chi connectivity index (χ3n) is 4.86. The molecule has 1 aromatic carbocycles. The van der Waals surface area contributed by atoms with Crippen molar-refractivity contribution < 1.29 is 14.3 Å². The molecule has 1 amide bonds.